The Morgan fingerprint density at radius 2 is 1.56 bits per heavy atom. The summed E-state index contributed by atoms with van der Waals surface area (Å²) in [6.45, 7) is 1.47. The maximum Gasteiger partial charge on any atom is 0.224 e. The molecule has 92 valence electrons. The van der Waals surface area contributed by atoms with Gasteiger partial charge in [0.05, 0.1) is 6.00 Å². The summed E-state index contributed by atoms with van der Waals surface area (Å²) < 4.78 is 0. The van der Waals surface area contributed by atoms with Crippen LogP contribution in [-0.2, 0) is 9.59 Å². The average Bonchev–Trinajstić information content (AvgIpc) is 2.87. The summed E-state index contributed by atoms with van der Waals surface area (Å²) in [5.41, 5.74) is 0. The van der Waals surface area contributed by atoms with E-state index in [1.165, 1.54) is 4.90 Å². The molecular formula is C10H17ClN2O3. The molecule has 2 aliphatic heterocycles. The number of halogens is 1. The van der Waals surface area contributed by atoms with Gasteiger partial charge in [0, 0.05) is 25.9 Å². The second-order valence-electron chi connectivity index (χ2n) is 3.78. The van der Waals surface area contributed by atoms with E-state index in [-0.39, 0.29) is 18.5 Å². The van der Waals surface area contributed by atoms with E-state index in [0.29, 0.717) is 18.8 Å². The molecule has 2 saturated heterocycles. The van der Waals surface area contributed by atoms with E-state index in [4.69, 9.17) is 16.7 Å². The number of carbonyl (C=O) groups excluding carboxylic acids is 2. The molecule has 0 aliphatic carbocycles. The zero-order valence-corrected chi connectivity index (χ0v) is 9.95. The summed E-state index contributed by atoms with van der Waals surface area (Å²) in [4.78, 5) is 24.3. The molecular weight excluding hydrogens is 232 g/mol. The van der Waals surface area contributed by atoms with Crippen molar-refractivity contribution in [1.29, 1.82) is 0 Å². The number of aliphatic hydroxyl groups excluding tert-OH is 1. The molecule has 16 heavy (non-hydrogen) atoms. The monoisotopic (exact) mass is 248 g/mol. The van der Waals surface area contributed by atoms with Gasteiger partial charge in [-0.2, -0.15) is 0 Å². The highest BCUT2D eigenvalue weighted by atomic mass is 35.5. The van der Waals surface area contributed by atoms with Crippen LogP contribution in [0, 0.1) is 0 Å². The van der Waals surface area contributed by atoms with Crippen molar-refractivity contribution in [1.82, 2.24) is 9.80 Å². The highest BCUT2D eigenvalue weighted by Gasteiger charge is 2.18. The molecule has 0 saturated carbocycles. The van der Waals surface area contributed by atoms with Crippen LogP contribution in [0.25, 0.3) is 0 Å². The Kier molecular flexibility index (Phi) is 5.55. The molecule has 0 radical (unpaired) electrons. The van der Waals surface area contributed by atoms with Gasteiger partial charge in [0.25, 0.3) is 0 Å². The van der Waals surface area contributed by atoms with Crippen LogP contribution in [-0.4, -0.2) is 52.5 Å². The number of likely N-dealkylation sites (tertiary alicyclic amines) is 2. The van der Waals surface area contributed by atoms with Gasteiger partial charge in [0.2, 0.25) is 11.8 Å². The van der Waals surface area contributed by atoms with E-state index in [1.807, 2.05) is 0 Å². The number of carbonyl (C=O) groups is 2. The third kappa shape index (κ3) is 3.64. The van der Waals surface area contributed by atoms with E-state index in [9.17, 15) is 9.59 Å². The van der Waals surface area contributed by atoms with Crippen LogP contribution in [0.1, 0.15) is 25.7 Å². The van der Waals surface area contributed by atoms with Crippen LogP contribution in [0.3, 0.4) is 0 Å². The Morgan fingerprint density at radius 3 is 1.75 bits per heavy atom. The fourth-order valence-corrected chi connectivity index (χ4v) is 1.94. The van der Waals surface area contributed by atoms with Gasteiger partial charge in [0.15, 0.2) is 0 Å². The molecule has 1 N–H and O–H groups in total. The minimum absolute atomic E-state index is 0.0764. The summed E-state index contributed by atoms with van der Waals surface area (Å²) in [7, 11) is 0. The first-order chi connectivity index (χ1) is 7.69. The van der Waals surface area contributed by atoms with Crippen molar-refractivity contribution >= 4 is 23.4 Å². The first kappa shape index (κ1) is 13.3. The lowest BCUT2D eigenvalue weighted by molar-refractivity contribution is -0.130. The van der Waals surface area contributed by atoms with Crippen molar-refractivity contribution < 1.29 is 14.7 Å². The van der Waals surface area contributed by atoms with E-state index in [2.05, 4.69) is 0 Å². The van der Waals surface area contributed by atoms with Crippen molar-refractivity contribution in [3.63, 3.8) is 0 Å². The standard InChI is InChI=1S/C5H8ClNO.C5H9NO2/c6-4-7-3-1-2-5(7)8;7-4-6-3-1-2-5(6)8/h1-4H2;7H,1-4H2. The molecule has 0 unspecified atom stereocenters. The van der Waals surface area contributed by atoms with Crippen LogP contribution in [0.5, 0.6) is 0 Å². The predicted octanol–water partition coefficient (Wildman–Crippen LogP) is 0.364. The first-order valence-electron chi connectivity index (χ1n) is 5.41. The van der Waals surface area contributed by atoms with Gasteiger partial charge < -0.3 is 14.9 Å². The molecule has 5 nitrogen and oxygen atoms in total. The fourth-order valence-electron chi connectivity index (χ4n) is 1.68. The summed E-state index contributed by atoms with van der Waals surface area (Å²) in [5, 5.41) is 8.44. The Labute approximate surface area is 100.0 Å². The fraction of sp³-hybridized carbons (Fsp3) is 0.800. The lowest BCUT2D eigenvalue weighted by Crippen LogP contribution is -2.24. The highest BCUT2D eigenvalue weighted by Crippen LogP contribution is 2.09. The molecule has 0 aromatic heterocycles. The van der Waals surface area contributed by atoms with E-state index < -0.39 is 0 Å². The molecule has 6 heteroatoms. The largest absolute Gasteiger partial charge is 0.376 e. The molecule has 2 rings (SSSR count). The molecule has 2 aliphatic rings. The van der Waals surface area contributed by atoms with E-state index >= 15 is 0 Å². The van der Waals surface area contributed by atoms with Gasteiger partial charge in [-0.25, -0.2) is 0 Å². The van der Waals surface area contributed by atoms with Gasteiger partial charge in [0.1, 0.15) is 6.73 Å². The number of alkyl halides is 1. The minimum Gasteiger partial charge on any atom is -0.376 e. The van der Waals surface area contributed by atoms with Crippen molar-refractivity contribution in [2.45, 2.75) is 25.7 Å². The lowest BCUT2D eigenvalue weighted by atomic mass is 10.4. The SMILES string of the molecule is O=C1CCCN1CCl.O=C1CCCN1CO. The second-order valence-corrected chi connectivity index (χ2v) is 4.02. The third-order valence-electron chi connectivity index (χ3n) is 2.66. The molecule has 0 atom stereocenters. The Morgan fingerprint density at radius 1 is 1.06 bits per heavy atom. The molecule has 0 aromatic carbocycles. The number of amides is 2. The van der Waals surface area contributed by atoms with Crippen LogP contribution in [0.15, 0.2) is 0 Å². The maximum atomic E-state index is 10.6. The van der Waals surface area contributed by atoms with Gasteiger partial charge in [-0.05, 0) is 12.8 Å². The van der Waals surface area contributed by atoms with E-state index in [0.717, 1.165) is 25.9 Å². The predicted molar refractivity (Wildman–Crippen MR) is 59.7 cm³/mol. The normalized spacial score (nSPS) is 20.1. The van der Waals surface area contributed by atoms with Crippen molar-refractivity contribution in [2.24, 2.45) is 0 Å². The van der Waals surface area contributed by atoms with Gasteiger partial charge >= 0.3 is 0 Å². The quantitative estimate of drug-likeness (QED) is 0.567. The number of rotatable bonds is 2. The number of nitrogens with zero attached hydrogens (tertiary/aromatic N) is 2. The minimum atomic E-state index is -0.112. The van der Waals surface area contributed by atoms with Crippen molar-refractivity contribution in [2.75, 3.05) is 25.8 Å². The zero-order valence-electron chi connectivity index (χ0n) is 9.19. The second kappa shape index (κ2) is 6.70. The lowest BCUT2D eigenvalue weighted by Gasteiger charge is -2.08. The number of hydrogen-bond acceptors (Lipinski definition) is 3. The third-order valence-corrected chi connectivity index (χ3v) is 2.95. The van der Waals surface area contributed by atoms with Crippen LogP contribution >= 0.6 is 11.6 Å². The van der Waals surface area contributed by atoms with Gasteiger partial charge in [-0.3, -0.25) is 9.59 Å². The number of aliphatic hydroxyl groups is 1. The Bertz CT molecular complexity index is 234. The topological polar surface area (TPSA) is 60.9 Å². The molecule has 2 amide bonds. The number of hydrogen-bond donors (Lipinski definition) is 1. The van der Waals surface area contributed by atoms with Crippen LogP contribution < -0.4 is 0 Å². The van der Waals surface area contributed by atoms with E-state index in [1.54, 1.807) is 4.90 Å². The van der Waals surface area contributed by atoms with Crippen molar-refractivity contribution in [3.05, 3.63) is 0 Å². The average molecular weight is 249 g/mol. The van der Waals surface area contributed by atoms with Crippen LogP contribution in [0.4, 0.5) is 0 Å². The summed E-state index contributed by atoms with van der Waals surface area (Å²) >= 11 is 5.41. The molecule has 0 spiro atoms. The smallest absolute Gasteiger partial charge is 0.224 e. The Hall–Kier alpha value is -0.810. The summed E-state index contributed by atoms with van der Waals surface area (Å²) in [6.07, 6.45) is 3.18. The summed E-state index contributed by atoms with van der Waals surface area (Å²) in [5.74, 6) is 0.271. The van der Waals surface area contributed by atoms with Gasteiger partial charge in [-0.15, -0.1) is 11.6 Å². The maximum absolute atomic E-state index is 10.6. The molecule has 0 aromatic rings. The van der Waals surface area contributed by atoms with Crippen LogP contribution in [0.2, 0.25) is 0 Å². The zero-order chi connectivity index (χ0) is 12.0. The van der Waals surface area contributed by atoms with Crippen molar-refractivity contribution in [3.8, 4) is 0 Å². The highest BCUT2D eigenvalue weighted by molar-refractivity contribution is 6.18. The molecule has 2 fully saturated rings. The molecule has 2 heterocycles. The molecule has 0 bridgehead atoms. The summed E-state index contributed by atoms with van der Waals surface area (Å²) in [6, 6.07) is 0.360. The Balaban J connectivity index is 0.000000160. The van der Waals surface area contributed by atoms with Gasteiger partial charge in [-0.1, -0.05) is 0 Å². The first-order valence-corrected chi connectivity index (χ1v) is 5.95.